The van der Waals surface area contributed by atoms with Crippen molar-refractivity contribution >= 4 is 33.3 Å². The monoisotopic (exact) mass is 378 g/mol. The Bertz CT molecular complexity index is 1120. The van der Waals surface area contributed by atoms with Gasteiger partial charge in [-0.05, 0) is 18.2 Å². The van der Waals surface area contributed by atoms with E-state index in [1.54, 1.807) is 0 Å². The molecule has 0 saturated carbocycles. The molecular formula is C15H14N4O6S. The number of nitrogens with two attached hydrogens (primary N) is 1. The van der Waals surface area contributed by atoms with E-state index < -0.39 is 27.4 Å². The molecule has 0 unspecified atom stereocenters. The van der Waals surface area contributed by atoms with Crippen LogP contribution in [0.15, 0.2) is 29.1 Å². The number of anilines is 2. The molecule has 1 aliphatic heterocycles. The zero-order valence-electron chi connectivity index (χ0n) is 13.7. The van der Waals surface area contributed by atoms with Crippen LogP contribution in [0, 0.1) is 0 Å². The fourth-order valence-electron chi connectivity index (χ4n) is 2.66. The quantitative estimate of drug-likeness (QED) is 0.617. The molecule has 2 amide bonds. The van der Waals surface area contributed by atoms with Gasteiger partial charge in [0.15, 0.2) is 0 Å². The van der Waals surface area contributed by atoms with Crippen molar-refractivity contribution in [3.63, 3.8) is 0 Å². The van der Waals surface area contributed by atoms with E-state index in [0.29, 0.717) is 0 Å². The van der Waals surface area contributed by atoms with Crippen LogP contribution in [0.25, 0.3) is 5.69 Å². The third kappa shape index (κ3) is 2.88. The minimum Gasteiger partial charge on any atom is -0.495 e. The molecule has 0 spiro atoms. The van der Waals surface area contributed by atoms with E-state index >= 15 is 0 Å². The van der Waals surface area contributed by atoms with Crippen molar-refractivity contribution in [1.29, 1.82) is 0 Å². The summed E-state index contributed by atoms with van der Waals surface area (Å²) < 4.78 is 31.4. The van der Waals surface area contributed by atoms with Crippen LogP contribution in [0.2, 0.25) is 0 Å². The SMILES string of the molecule is COc1ccc(-n2c(N)c3c(cc2=O)C(=O)NC3=O)cc1NS(C)(=O)=O. The molecule has 2 heterocycles. The summed E-state index contributed by atoms with van der Waals surface area (Å²) in [5.41, 5.74) is 5.36. The lowest BCUT2D eigenvalue weighted by atomic mass is 10.1. The summed E-state index contributed by atoms with van der Waals surface area (Å²) in [5, 5.41) is 2.07. The van der Waals surface area contributed by atoms with Crippen LogP contribution >= 0.6 is 0 Å². The molecule has 0 saturated heterocycles. The number of rotatable bonds is 4. The van der Waals surface area contributed by atoms with Gasteiger partial charge in [0.1, 0.15) is 11.6 Å². The number of nitrogens with zero attached hydrogens (tertiary/aromatic N) is 1. The average Bonchev–Trinajstić information content (AvgIpc) is 2.80. The Kier molecular flexibility index (Phi) is 3.95. The Morgan fingerprint density at radius 2 is 1.85 bits per heavy atom. The summed E-state index contributed by atoms with van der Waals surface area (Å²) in [6.07, 6.45) is 0.963. The van der Waals surface area contributed by atoms with Gasteiger partial charge in [-0.25, -0.2) is 8.42 Å². The Morgan fingerprint density at radius 1 is 1.15 bits per heavy atom. The second-order valence-electron chi connectivity index (χ2n) is 5.53. The van der Waals surface area contributed by atoms with Gasteiger partial charge in [-0.3, -0.25) is 29.0 Å². The molecule has 1 aromatic carbocycles. The third-order valence-electron chi connectivity index (χ3n) is 3.69. The number of pyridine rings is 1. The van der Waals surface area contributed by atoms with Crippen molar-refractivity contribution in [3.8, 4) is 11.4 Å². The number of carbonyl (C=O) groups is 2. The van der Waals surface area contributed by atoms with Crippen molar-refractivity contribution < 1.29 is 22.7 Å². The highest BCUT2D eigenvalue weighted by atomic mass is 32.2. The third-order valence-corrected chi connectivity index (χ3v) is 4.28. The number of nitrogens with one attached hydrogen (secondary N) is 2. The van der Waals surface area contributed by atoms with E-state index in [1.165, 1.54) is 25.3 Å². The number of benzene rings is 1. The van der Waals surface area contributed by atoms with Crippen LogP contribution in [-0.2, 0) is 10.0 Å². The predicted molar refractivity (Wildman–Crippen MR) is 93.3 cm³/mol. The maximum absolute atomic E-state index is 12.4. The van der Waals surface area contributed by atoms with Gasteiger partial charge in [-0.15, -0.1) is 0 Å². The van der Waals surface area contributed by atoms with Gasteiger partial charge in [0.25, 0.3) is 17.4 Å². The summed E-state index contributed by atoms with van der Waals surface area (Å²) >= 11 is 0. The first-order valence-electron chi connectivity index (χ1n) is 7.20. The van der Waals surface area contributed by atoms with Crippen LogP contribution in [0.5, 0.6) is 5.75 Å². The van der Waals surface area contributed by atoms with Gasteiger partial charge in [0, 0.05) is 6.07 Å². The fourth-order valence-corrected chi connectivity index (χ4v) is 3.22. The molecule has 1 aliphatic rings. The van der Waals surface area contributed by atoms with Crippen LogP contribution in [-0.4, -0.2) is 38.2 Å². The van der Waals surface area contributed by atoms with Crippen molar-refractivity contribution in [2.45, 2.75) is 0 Å². The Balaban J connectivity index is 2.24. The normalized spacial score (nSPS) is 13.3. The van der Waals surface area contributed by atoms with Gasteiger partial charge < -0.3 is 10.5 Å². The number of methoxy groups -OCH3 is 1. The Labute approximate surface area is 147 Å². The zero-order valence-corrected chi connectivity index (χ0v) is 14.5. The number of sulfonamides is 1. The van der Waals surface area contributed by atoms with Gasteiger partial charge in [0.2, 0.25) is 10.0 Å². The Hall–Kier alpha value is -3.34. The molecule has 0 fully saturated rings. The highest BCUT2D eigenvalue weighted by molar-refractivity contribution is 7.92. The first-order chi connectivity index (χ1) is 12.1. The average molecular weight is 378 g/mol. The van der Waals surface area contributed by atoms with Crippen molar-refractivity contribution in [2.24, 2.45) is 0 Å². The molecule has 10 nitrogen and oxygen atoms in total. The van der Waals surface area contributed by atoms with E-state index in [2.05, 4.69) is 10.0 Å². The van der Waals surface area contributed by atoms with Gasteiger partial charge >= 0.3 is 0 Å². The second kappa shape index (κ2) is 5.88. The summed E-state index contributed by atoms with van der Waals surface area (Å²) in [5.74, 6) is -1.42. The van der Waals surface area contributed by atoms with E-state index in [0.717, 1.165) is 16.9 Å². The molecule has 26 heavy (non-hydrogen) atoms. The lowest BCUT2D eigenvalue weighted by Crippen LogP contribution is -2.24. The number of hydrogen-bond donors (Lipinski definition) is 3. The standard InChI is InChI=1S/C15H14N4O6S/c1-25-10-4-3-7(5-9(10)18-26(2,23)24)19-11(20)6-8-12(13(19)16)15(22)17-14(8)21/h3-6,18H,16H2,1-2H3,(H,17,21,22). The van der Waals surface area contributed by atoms with Crippen LogP contribution in [0.3, 0.4) is 0 Å². The summed E-state index contributed by atoms with van der Waals surface area (Å²) in [4.78, 5) is 36.0. The molecule has 136 valence electrons. The lowest BCUT2D eigenvalue weighted by molar-refractivity contribution is 0.0880. The highest BCUT2D eigenvalue weighted by Gasteiger charge is 2.32. The minimum absolute atomic E-state index is 0.0832. The van der Waals surface area contributed by atoms with Gasteiger partial charge in [-0.1, -0.05) is 0 Å². The van der Waals surface area contributed by atoms with E-state index in [-0.39, 0.29) is 34.1 Å². The first kappa shape index (κ1) is 17.5. The maximum atomic E-state index is 12.4. The van der Waals surface area contributed by atoms with E-state index in [1.807, 2.05) is 0 Å². The molecule has 1 aromatic heterocycles. The van der Waals surface area contributed by atoms with Gasteiger partial charge in [0.05, 0.1) is 35.9 Å². The van der Waals surface area contributed by atoms with Crippen LogP contribution in [0.4, 0.5) is 11.5 Å². The highest BCUT2D eigenvalue weighted by Crippen LogP contribution is 2.29. The van der Waals surface area contributed by atoms with Gasteiger partial charge in [-0.2, -0.15) is 0 Å². The number of carbonyl (C=O) groups excluding carboxylic acids is 2. The summed E-state index contributed by atoms with van der Waals surface area (Å²) in [6.45, 7) is 0. The number of amides is 2. The van der Waals surface area contributed by atoms with Crippen molar-refractivity contribution in [1.82, 2.24) is 9.88 Å². The molecule has 0 radical (unpaired) electrons. The number of fused-ring (bicyclic) bond motifs is 1. The molecule has 4 N–H and O–H groups in total. The van der Waals surface area contributed by atoms with Crippen molar-refractivity contribution in [3.05, 3.63) is 45.7 Å². The summed E-state index contributed by atoms with van der Waals surface area (Å²) in [6, 6.07) is 5.23. The number of aromatic nitrogens is 1. The number of hydrogen-bond acceptors (Lipinski definition) is 7. The second-order valence-corrected chi connectivity index (χ2v) is 7.28. The fraction of sp³-hybridized carbons (Fsp3) is 0.133. The zero-order chi connectivity index (χ0) is 19.2. The molecule has 2 aromatic rings. The molecule has 0 bridgehead atoms. The Morgan fingerprint density at radius 3 is 2.46 bits per heavy atom. The molecule has 11 heteroatoms. The smallest absolute Gasteiger partial charge is 0.262 e. The molecule has 0 aliphatic carbocycles. The molecular weight excluding hydrogens is 364 g/mol. The topological polar surface area (TPSA) is 150 Å². The molecule has 3 rings (SSSR count). The number of nitrogen functional groups attached to an aromatic ring is 1. The van der Waals surface area contributed by atoms with E-state index in [4.69, 9.17) is 10.5 Å². The summed E-state index contributed by atoms with van der Waals surface area (Å²) in [7, 11) is -2.26. The van der Waals surface area contributed by atoms with Crippen LogP contribution in [0.1, 0.15) is 20.7 Å². The molecule has 0 atom stereocenters. The lowest BCUT2D eigenvalue weighted by Gasteiger charge is -2.15. The van der Waals surface area contributed by atoms with E-state index in [9.17, 15) is 22.8 Å². The number of ether oxygens (including phenoxy) is 1. The van der Waals surface area contributed by atoms with Crippen LogP contribution < -0.4 is 26.1 Å². The first-order valence-corrected chi connectivity index (χ1v) is 9.09. The van der Waals surface area contributed by atoms with Crippen molar-refractivity contribution in [2.75, 3.05) is 23.8 Å². The predicted octanol–water partition coefficient (Wildman–Crippen LogP) is -0.317. The number of imide groups is 1. The maximum Gasteiger partial charge on any atom is 0.262 e. The largest absolute Gasteiger partial charge is 0.495 e. The minimum atomic E-state index is -3.61.